The quantitative estimate of drug-likeness (QED) is 0.174. The molecule has 0 fully saturated rings. The Kier molecular flexibility index (Phi) is 7.78. The summed E-state index contributed by atoms with van der Waals surface area (Å²) in [5.74, 6) is 0.720. The molecule has 9 rings (SSSR count). The molecule has 0 radical (unpaired) electrons. The molecule has 3 heteroatoms. The fraction of sp³-hybridized carbons (Fsp3) is 0.160. The molecular weight excluding hydrogens is 643 g/mol. The van der Waals surface area contributed by atoms with Crippen molar-refractivity contribution in [3.63, 3.8) is 0 Å². The molecule has 2 aromatic heterocycles. The van der Waals surface area contributed by atoms with Gasteiger partial charge in [0.1, 0.15) is 0 Å². The van der Waals surface area contributed by atoms with Gasteiger partial charge in [0.25, 0.3) is 0 Å². The van der Waals surface area contributed by atoms with Gasteiger partial charge in [0.15, 0.2) is 5.82 Å². The van der Waals surface area contributed by atoms with E-state index < -0.39 is 0 Å². The Bertz CT molecular complexity index is 2810. The Morgan fingerprint density at radius 3 is 2.13 bits per heavy atom. The topological polar surface area (TPSA) is 30.7 Å². The molecule has 0 atom stereocenters. The first-order chi connectivity index (χ1) is 25.8. The number of aromatic nitrogens is 3. The fourth-order valence-electron chi connectivity index (χ4n) is 8.85. The minimum atomic E-state index is -0.0762. The van der Waals surface area contributed by atoms with Gasteiger partial charge in [0.05, 0.1) is 22.2 Å². The highest BCUT2D eigenvalue weighted by Gasteiger charge is 2.36. The van der Waals surface area contributed by atoms with Gasteiger partial charge < -0.3 is 4.57 Å². The molecule has 1 aliphatic rings. The highest BCUT2D eigenvalue weighted by molar-refractivity contribution is 6.11. The van der Waals surface area contributed by atoms with Crippen molar-refractivity contribution >= 4 is 38.3 Å². The highest BCUT2D eigenvalue weighted by atomic mass is 15.0. The van der Waals surface area contributed by atoms with Crippen molar-refractivity contribution in [2.24, 2.45) is 0 Å². The first-order valence-corrected chi connectivity index (χ1v) is 18.8. The van der Waals surface area contributed by atoms with Crippen LogP contribution >= 0.6 is 0 Å². The zero-order chi connectivity index (χ0) is 36.4. The predicted octanol–water partition coefficient (Wildman–Crippen LogP) is 13.4. The van der Waals surface area contributed by atoms with Crippen LogP contribution in [0, 0.1) is 13.8 Å². The maximum atomic E-state index is 5.36. The molecule has 0 amide bonds. The summed E-state index contributed by atoms with van der Waals surface area (Å²) >= 11 is 0. The van der Waals surface area contributed by atoms with Crippen LogP contribution in [0.2, 0.25) is 0 Å². The SMILES string of the molecule is C/C=C\C1=C(CC)C(C)(C)c2cc3c(cc21)c1ccccc1n3-c1cc(-c2nc(-c3ccccc3)c3cccc(C)c3n2)cc(-c2ccccc2C)c1. The smallest absolute Gasteiger partial charge is 0.160 e. The average molecular weight is 686 g/mol. The molecular formula is C50H43N3. The van der Waals surface area contributed by atoms with Gasteiger partial charge in [-0.25, -0.2) is 9.97 Å². The van der Waals surface area contributed by atoms with Gasteiger partial charge >= 0.3 is 0 Å². The molecule has 3 nitrogen and oxygen atoms in total. The standard InChI is InChI=1S/C50H43N3/c1-7-17-38-41-29-42-39-23-14-15-25-45(39)53(46(42)30-44(41)50(5,6)43(38)8-2)36-27-34(37-22-13-12-18-31(37)3)26-35(28-36)49-51-47-32(4)19-16-24-40(47)48(52-49)33-20-10-9-11-21-33/h7,9-30H,8H2,1-6H3/b17-7-. The third kappa shape index (κ3) is 5.17. The Morgan fingerprint density at radius 2 is 1.34 bits per heavy atom. The third-order valence-corrected chi connectivity index (χ3v) is 11.4. The zero-order valence-electron chi connectivity index (χ0n) is 31.3. The van der Waals surface area contributed by atoms with Gasteiger partial charge in [-0.2, -0.15) is 0 Å². The molecule has 0 bridgehead atoms. The maximum Gasteiger partial charge on any atom is 0.160 e. The molecule has 0 saturated carbocycles. The van der Waals surface area contributed by atoms with Crippen molar-refractivity contribution < 1.29 is 0 Å². The van der Waals surface area contributed by atoms with E-state index in [0.29, 0.717) is 0 Å². The molecule has 8 aromatic rings. The van der Waals surface area contributed by atoms with Crippen LogP contribution in [0.25, 0.3) is 77.7 Å². The molecule has 0 saturated heterocycles. The minimum Gasteiger partial charge on any atom is -0.309 e. The molecule has 6 aromatic carbocycles. The summed E-state index contributed by atoms with van der Waals surface area (Å²) < 4.78 is 2.47. The number of nitrogens with zero attached hydrogens (tertiary/aromatic N) is 3. The lowest BCUT2D eigenvalue weighted by Gasteiger charge is -2.24. The van der Waals surface area contributed by atoms with E-state index in [2.05, 4.69) is 186 Å². The number of rotatable bonds is 6. The maximum absolute atomic E-state index is 5.36. The van der Waals surface area contributed by atoms with E-state index in [9.17, 15) is 0 Å². The lowest BCUT2D eigenvalue weighted by molar-refractivity contribution is 0.618. The third-order valence-electron chi connectivity index (χ3n) is 11.4. The molecule has 0 aliphatic heterocycles. The number of hydrogen-bond acceptors (Lipinski definition) is 2. The van der Waals surface area contributed by atoms with Crippen LogP contribution in [0.4, 0.5) is 0 Å². The number of benzene rings is 6. The Hall–Kier alpha value is -6.06. The summed E-state index contributed by atoms with van der Waals surface area (Å²) in [7, 11) is 0. The molecule has 53 heavy (non-hydrogen) atoms. The summed E-state index contributed by atoms with van der Waals surface area (Å²) in [6.45, 7) is 13.5. The van der Waals surface area contributed by atoms with Crippen molar-refractivity contribution in [1.82, 2.24) is 14.5 Å². The van der Waals surface area contributed by atoms with Gasteiger partial charge in [-0.3, -0.25) is 0 Å². The molecule has 1 aliphatic carbocycles. The second-order valence-corrected chi connectivity index (χ2v) is 15.0. The van der Waals surface area contributed by atoms with Gasteiger partial charge in [-0.15, -0.1) is 0 Å². The van der Waals surface area contributed by atoms with Gasteiger partial charge in [-0.05, 0) is 103 Å². The zero-order valence-corrected chi connectivity index (χ0v) is 31.3. The van der Waals surface area contributed by atoms with Crippen LogP contribution in [0.15, 0.2) is 145 Å². The van der Waals surface area contributed by atoms with Gasteiger partial charge in [0.2, 0.25) is 0 Å². The second kappa shape index (κ2) is 12.6. The number of para-hydroxylation sites is 2. The van der Waals surface area contributed by atoms with Crippen LogP contribution in [-0.4, -0.2) is 14.5 Å². The monoisotopic (exact) mass is 685 g/mol. The largest absolute Gasteiger partial charge is 0.309 e. The van der Waals surface area contributed by atoms with Gasteiger partial charge in [-0.1, -0.05) is 129 Å². The van der Waals surface area contributed by atoms with E-state index in [4.69, 9.17) is 9.97 Å². The first kappa shape index (κ1) is 32.8. The highest BCUT2D eigenvalue weighted by Crippen LogP contribution is 2.50. The molecule has 2 heterocycles. The average Bonchev–Trinajstić information content (AvgIpc) is 3.61. The van der Waals surface area contributed by atoms with Crippen molar-refractivity contribution in [1.29, 1.82) is 0 Å². The van der Waals surface area contributed by atoms with Crippen LogP contribution in [0.5, 0.6) is 0 Å². The predicted molar refractivity (Wildman–Crippen MR) is 225 cm³/mol. The van der Waals surface area contributed by atoms with Crippen molar-refractivity contribution in [2.45, 2.75) is 53.4 Å². The second-order valence-electron chi connectivity index (χ2n) is 15.0. The normalized spacial score (nSPS) is 13.9. The lowest BCUT2D eigenvalue weighted by atomic mass is 9.80. The molecule has 0 N–H and O–H groups in total. The fourth-order valence-corrected chi connectivity index (χ4v) is 8.85. The molecule has 0 unspecified atom stereocenters. The summed E-state index contributed by atoms with van der Waals surface area (Å²) in [4.78, 5) is 10.7. The Balaban J connectivity index is 1.36. The number of aryl methyl sites for hydroxylation is 2. The van der Waals surface area contributed by atoms with E-state index >= 15 is 0 Å². The number of hydrogen-bond donors (Lipinski definition) is 0. The van der Waals surface area contributed by atoms with Gasteiger partial charge in [0, 0.05) is 38.4 Å². The van der Waals surface area contributed by atoms with E-state index in [0.717, 1.165) is 56.8 Å². The van der Waals surface area contributed by atoms with E-state index in [1.807, 2.05) is 0 Å². The van der Waals surface area contributed by atoms with E-state index in [-0.39, 0.29) is 5.41 Å². The summed E-state index contributed by atoms with van der Waals surface area (Å²) in [6, 6.07) is 46.2. The number of allylic oxidation sites excluding steroid dienone is 4. The molecule has 258 valence electrons. The Labute approximate surface area is 312 Å². The van der Waals surface area contributed by atoms with Crippen LogP contribution < -0.4 is 0 Å². The van der Waals surface area contributed by atoms with Crippen molar-refractivity contribution in [3.05, 3.63) is 167 Å². The van der Waals surface area contributed by atoms with Crippen LogP contribution in [0.1, 0.15) is 56.4 Å². The summed E-state index contributed by atoms with van der Waals surface area (Å²) in [5, 5.41) is 3.58. The molecule has 0 spiro atoms. The van der Waals surface area contributed by atoms with Crippen molar-refractivity contribution in [2.75, 3.05) is 0 Å². The number of fused-ring (bicyclic) bond motifs is 5. The Morgan fingerprint density at radius 1 is 0.623 bits per heavy atom. The van der Waals surface area contributed by atoms with E-state index in [1.54, 1.807) is 0 Å². The first-order valence-electron chi connectivity index (χ1n) is 18.8. The lowest BCUT2D eigenvalue weighted by Crippen LogP contribution is -2.17. The minimum absolute atomic E-state index is 0.0762. The summed E-state index contributed by atoms with van der Waals surface area (Å²) in [5.41, 5.74) is 17.7. The van der Waals surface area contributed by atoms with Crippen LogP contribution in [-0.2, 0) is 5.41 Å². The van der Waals surface area contributed by atoms with Crippen molar-refractivity contribution in [3.8, 4) is 39.5 Å². The van der Waals surface area contributed by atoms with Crippen LogP contribution in [0.3, 0.4) is 0 Å². The van der Waals surface area contributed by atoms with E-state index in [1.165, 1.54) is 55.2 Å². The summed E-state index contributed by atoms with van der Waals surface area (Å²) in [6.07, 6.45) is 5.51.